The van der Waals surface area contributed by atoms with Crippen LogP contribution in [-0.4, -0.2) is 188 Å². The Bertz CT molecular complexity index is 1020. The minimum absolute atomic E-state index is 1.04. The van der Waals surface area contributed by atoms with Gasteiger partial charge in [-0.05, 0) is 114 Å². The second-order valence-corrected chi connectivity index (χ2v) is 15.4. The highest BCUT2D eigenvalue weighted by atomic mass is 15.2. The number of nitrogens with zero attached hydrogens (tertiary/aromatic N) is 8. The number of aryl methyl sites for hydroxylation is 2. The first-order valence-electron chi connectivity index (χ1n) is 19.7. The van der Waals surface area contributed by atoms with Crippen LogP contribution in [0.25, 0.3) is 0 Å². The summed E-state index contributed by atoms with van der Waals surface area (Å²) in [5, 5.41) is 0. The molecule has 0 aliphatic carbocycles. The molecule has 8 heteroatoms. The maximum Gasteiger partial charge on any atom is 0.0234 e. The van der Waals surface area contributed by atoms with Gasteiger partial charge < -0.3 is 34.3 Å². The summed E-state index contributed by atoms with van der Waals surface area (Å²) in [5.74, 6) is 0. The van der Waals surface area contributed by atoms with Crippen molar-refractivity contribution in [3.63, 3.8) is 0 Å². The molecule has 51 heavy (non-hydrogen) atoms. The van der Waals surface area contributed by atoms with E-state index in [1.807, 2.05) is 0 Å². The molecule has 0 amide bonds. The number of piperazine rings is 2. The van der Waals surface area contributed by atoms with Gasteiger partial charge in [-0.25, -0.2) is 0 Å². The highest BCUT2D eigenvalue weighted by Crippen LogP contribution is 2.09. The van der Waals surface area contributed by atoms with Gasteiger partial charge in [0.1, 0.15) is 0 Å². The minimum atomic E-state index is 1.04. The van der Waals surface area contributed by atoms with E-state index in [0.717, 1.165) is 32.7 Å². The Balaban J connectivity index is 0.000000649. The fourth-order valence-electron chi connectivity index (χ4n) is 5.05. The first-order chi connectivity index (χ1) is 24.2. The molecule has 0 N–H and O–H groups in total. The third-order valence-corrected chi connectivity index (χ3v) is 9.26. The molecule has 0 unspecified atom stereocenters. The van der Waals surface area contributed by atoms with Crippen molar-refractivity contribution in [2.24, 2.45) is 0 Å². The number of rotatable bonds is 12. The summed E-state index contributed by atoms with van der Waals surface area (Å²) in [6, 6.07) is 17.7. The van der Waals surface area contributed by atoms with E-state index in [2.05, 4.69) is 186 Å². The van der Waals surface area contributed by atoms with Crippen LogP contribution in [0.3, 0.4) is 0 Å². The zero-order valence-electron chi connectivity index (χ0n) is 36.2. The second-order valence-electron chi connectivity index (χ2n) is 15.4. The zero-order valence-corrected chi connectivity index (χ0v) is 36.2. The van der Waals surface area contributed by atoms with Crippen molar-refractivity contribution in [2.75, 3.05) is 149 Å². The van der Waals surface area contributed by atoms with Crippen molar-refractivity contribution in [2.45, 2.75) is 60.5 Å². The van der Waals surface area contributed by atoms with E-state index >= 15 is 0 Å². The zero-order chi connectivity index (χ0) is 38.6. The molecule has 0 saturated carbocycles. The smallest absolute Gasteiger partial charge is 0.0234 e. The van der Waals surface area contributed by atoms with E-state index in [4.69, 9.17) is 0 Å². The summed E-state index contributed by atoms with van der Waals surface area (Å²) in [5.41, 5.74) is 5.50. The fourth-order valence-corrected chi connectivity index (χ4v) is 5.05. The van der Waals surface area contributed by atoms with Crippen LogP contribution in [0.4, 0.5) is 0 Å². The van der Waals surface area contributed by atoms with Crippen LogP contribution in [0.1, 0.15) is 55.9 Å². The number of benzene rings is 2. The van der Waals surface area contributed by atoms with Crippen molar-refractivity contribution in [3.8, 4) is 0 Å². The number of hydrogen-bond donors (Lipinski definition) is 0. The summed E-state index contributed by atoms with van der Waals surface area (Å²) in [4.78, 5) is 18.7. The van der Waals surface area contributed by atoms with E-state index < -0.39 is 0 Å². The lowest BCUT2D eigenvalue weighted by Crippen LogP contribution is -2.44. The van der Waals surface area contributed by atoms with Crippen molar-refractivity contribution < 1.29 is 0 Å². The molecule has 0 radical (unpaired) electrons. The van der Waals surface area contributed by atoms with Crippen molar-refractivity contribution in [1.82, 2.24) is 39.2 Å². The first kappa shape index (κ1) is 49.1. The lowest BCUT2D eigenvalue weighted by molar-refractivity contribution is 0.148. The Hall–Kier alpha value is -1.88. The van der Waals surface area contributed by atoms with Gasteiger partial charge in [-0.15, -0.1) is 0 Å². The molecule has 0 bridgehead atoms. The van der Waals surface area contributed by atoms with Crippen LogP contribution in [-0.2, 0) is 13.1 Å². The van der Waals surface area contributed by atoms with Gasteiger partial charge in [0.05, 0.1) is 0 Å². The van der Waals surface area contributed by atoms with Crippen molar-refractivity contribution in [3.05, 3.63) is 70.8 Å². The Morgan fingerprint density at radius 1 is 0.510 bits per heavy atom. The Kier molecular flexibility index (Phi) is 29.4. The number of unbranched alkanes of at least 4 members (excludes halogenated alkanes) is 1. The van der Waals surface area contributed by atoms with Crippen LogP contribution in [0.15, 0.2) is 48.5 Å². The average molecular weight is 713 g/mol. The molecule has 0 atom stereocenters. The Morgan fingerprint density at radius 2 is 0.922 bits per heavy atom. The molecule has 0 spiro atoms. The van der Waals surface area contributed by atoms with Gasteiger partial charge in [0.25, 0.3) is 0 Å². The lowest BCUT2D eigenvalue weighted by atomic mass is 10.1. The van der Waals surface area contributed by atoms with Crippen LogP contribution in [0.2, 0.25) is 0 Å². The summed E-state index contributed by atoms with van der Waals surface area (Å²) in [7, 11) is 19.1. The molecule has 4 rings (SSSR count). The largest absolute Gasteiger partial charge is 0.310 e. The molecule has 2 aliphatic rings. The van der Waals surface area contributed by atoms with Crippen LogP contribution in [0, 0.1) is 13.8 Å². The molecular weight excluding hydrogens is 629 g/mol. The highest BCUT2D eigenvalue weighted by molar-refractivity contribution is 5.22. The second kappa shape index (κ2) is 30.6. The standard InChI is InChI=1S/C13H20N2.C13H22N2.C7H16N2.C6H15N.C4H11N/c1-12-3-5-13(6-4-12)11-15-9-7-14(2)8-10-15;1-12-5-7-13(8-6-12)11-15(4)10-9-14(2)3;1-3-9-6-4-8(2)5-7-9;1-4-5-6-7(2)3;1-4-5(2)3/h3-6H,7-11H2,1-2H3;5-8H,9-11H2,1-4H3;3-7H2,1-2H3;4-6H2,1-3H3;4H2,1-3H3. The molecule has 2 aliphatic heterocycles. The summed E-state index contributed by atoms with van der Waals surface area (Å²) in [6.07, 6.45) is 2.63. The Labute approximate surface area is 318 Å². The third kappa shape index (κ3) is 29.3. The van der Waals surface area contributed by atoms with Gasteiger partial charge in [0, 0.05) is 78.5 Å². The van der Waals surface area contributed by atoms with Gasteiger partial charge in [-0.1, -0.05) is 86.8 Å². The molecule has 2 aromatic carbocycles. The summed E-state index contributed by atoms with van der Waals surface area (Å²) < 4.78 is 0. The van der Waals surface area contributed by atoms with E-state index in [1.54, 1.807) is 0 Å². The van der Waals surface area contributed by atoms with Gasteiger partial charge in [-0.2, -0.15) is 0 Å². The molecule has 2 fully saturated rings. The summed E-state index contributed by atoms with van der Waals surface area (Å²) >= 11 is 0. The first-order valence-corrected chi connectivity index (χ1v) is 19.7. The topological polar surface area (TPSA) is 25.9 Å². The molecule has 2 aromatic rings. The van der Waals surface area contributed by atoms with Gasteiger partial charge >= 0.3 is 0 Å². The lowest BCUT2D eigenvalue weighted by Gasteiger charge is -2.32. The van der Waals surface area contributed by atoms with Crippen LogP contribution < -0.4 is 0 Å². The van der Waals surface area contributed by atoms with Crippen LogP contribution >= 0.6 is 0 Å². The van der Waals surface area contributed by atoms with Crippen molar-refractivity contribution >= 4 is 0 Å². The number of likely N-dealkylation sites (N-methyl/N-ethyl adjacent to an activating group) is 5. The molecule has 2 heterocycles. The molecular formula is C43H84N8. The van der Waals surface area contributed by atoms with E-state index in [1.165, 1.54) is 101 Å². The van der Waals surface area contributed by atoms with Gasteiger partial charge in [0.2, 0.25) is 0 Å². The quantitative estimate of drug-likeness (QED) is 0.269. The number of hydrogen-bond acceptors (Lipinski definition) is 8. The molecule has 0 aromatic heterocycles. The maximum atomic E-state index is 2.53. The van der Waals surface area contributed by atoms with E-state index in [0.29, 0.717) is 0 Å². The van der Waals surface area contributed by atoms with Gasteiger partial charge in [0.15, 0.2) is 0 Å². The average Bonchev–Trinajstić information content (AvgIpc) is 3.11. The molecule has 296 valence electrons. The Morgan fingerprint density at radius 3 is 1.27 bits per heavy atom. The fraction of sp³-hybridized carbons (Fsp3) is 0.721. The molecule has 8 nitrogen and oxygen atoms in total. The normalized spacial score (nSPS) is 15.7. The monoisotopic (exact) mass is 713 g/mol. The maximum absolute atomic E-state index is 2.53. The predicted octanol–water partition coefficient (Wildman–Crippen LogP) is 5.90. The van der Waals surface area contributed by atoms with Gasteiger partial charge in [-0.3, -0.25) is 4.90 Å². The molecule has 2 saturated heterocycles. The predicted molar refractivity (Wildman–Crippen MR) is 227 cm³/mol. The highest BCUT2D eigenvalue weighted by Gasteiger charge is 2.13. The summed E-state index contributed by atoms with van der Waals surface area (Å²) in [6.45, 7) is 28.6. The SMILES string of the molecule is CCCCN(C)C.CCN(C)C.CCN1CCN(C)CC1.Cc1ccc(CN(C)CCN(C)C)cc1.Cc1ccc(CN2CCN(C)CC2)cc1. The van der Waals surface area contributed by atoms with E-state index in [-0.39, 0.29) is 0 Å². The third-order valence-electron chi connectivity index (χ3n) is 9.26. The minimum Gasteiger partial charge on any atom is -0.310 e. The van der Waals surface area contributed by atoms with E-state index in [9.17, 15) is 0 Å². The van der Waals surface area contributed by atoms with Crippen molar-refractivity contribution in [1.29, 1.82) is 0 Å². The van der Waals surface area contributed by atoms with Crippen LogP contribution in [0.5, 0.6) is 0 Å².